The van der Waals surface area contributed by atoms with Gasteiger partial charge in [0.15, 0.2) is 11.4 Å². The van der Waals surface area contributed by atoms with Gasteiger partial charge in [-0.3, -0.25) is 9.59 Å². The summed E-state index contributed by atoms with van der Waals surface area (Å²) in [7, 11) is 0. The second kappa shape index (κ2) is 5.62. The van der Waals surface area contributed by atoms with Crippen LogP contribution < -0.4 is 5.32 Å². The monoisotopic (exact) mass is 326 g/mol. The van der Waals surface area contributed by atoms with Crippen molar-refractivity contribution < 1.29 is 14.0 Å². The first-order chi connectivity index (χ1) is 11.2. The average Bonchev–Trinajstić information content (AvgIpc) is 3.25. The molecule has 1 aliphatic rings. The Morgan fingerprint density at radius 2 is 2.17 bits per heavy atom. The van der Waals surface area contributed by atoms with Crippen molar-refractivity contribution in [3.63, 3.8) is 0 Å². The largest absolute Gasteiger partial charge is 0.464 e. The number of rotatable bonds is 4. The Morgan fingerprint density at radius 1 is 1.35 bits per heavy atom. The molecule has 1 N–H and O–H groups in total. The molecule has 0 bridgehead atoms. The minimum absolute atomic E-state index is 0.167. The maximum absolute atomic E-state index is 12.2. The second-order valence-electron chi connectivity index (χ2n) is 5.64. The van der Waals surface area contributed by atoms with Crippen LogP contribution in [0.3, 0.4) is 0 Å². The van der Waals surface area contributed by atoms with Gasteiger partial charge in [0.2, 0.25) is 5.91 Å². The molecular weight excluding hydrogens is 312 g/mol. The van der Waals surface area contributed by atoms with Crippen molar-refractivity contribution in [3.05, 3.63) is 46.2 Å². The zero-order valence-electron chi connectivity index (χ0n) is 12.3. The number of thiazole rings is 1. The highest BCUT2D eigenvalue weighted by atomic mass is 32.1. The van der Waals surface area contributed by atoms with Crippen molar-refractivity contribution in [2.45, 2.75) is 25.7 Å². The summed E-state index contributed by atoms with van der Waals surface area (Å²) in [6, 6.07) is 4.24. The lowest BCUT2D eigenvalue weighted by molar-refractivity contribution is -0.115. The molecule has 0 aliphatic heterocycles. The molecule has 0 fully saturated rings. The number of carbonyl (C=O) groups is 2. The van der Waals surface area contributed by atoms with Gasteiger partial charge < -0.3 is 9.73 Å². The van der Waals surface area contributed by atoms with Crippen LogP contribution in [0.5, 0.6) is 0 Å². The number of aryl methyl sites for hydroxylation is 2. The van der Waals surface area contributed by atoms with E-state index in [0.717, 1.165) is 47.0 Å². The first-order valence-electron chi connectivity index (χ1n) is 7.45. The molecule has 6 heteroatoms. The van der Waals surface area contributed by atoms with Gasteiger partial charge in [0.25, 0.3) is 0 Å². The minimum Gasteiger partial charge on any atom is -0.464 e. The Morgan fingerprint density at radius 3 is 2.96 bits per heavy atom. The van der Waals surface area contributed by atoms with E-state index in [2.05, 4.69) is 22.4 Å². The van der Waals surface area contributed by atoms with Crippen LogP contribution in [0.4, 0.5) is 5.13 Å². The summed E-state index contributed by atoms with van der Waals surface area (Å²) >= 11 is 1.16. The van der Waals surface area contributed by atoms with E-state index in [1.54, 1.807) is 6.26 Å². The van der Waals surface area contributed by atoms with Gasteiger partial charge in [-0.2, -0.15) is 0 Å². The van der Waals surface area contributed by atoms with E-state index in [9.17, 15) is 9.59 Å². The number of carbonyl (C=O) groups excluding carboxylic acids is 2. The summed E-state index contributed by atoms with van der Waals surface area (Å²) in [4.78, 5) is 27.3. The molecule has 0 spiro atoms. The summed E-state index contributed by atoms with van der Waals surface area (Å²) in [6.45, 7) is 0. The topological polar surface area (TPSA) is 72.2 Å². The van der Waals surface area contributed by atoms with Gasteiger partial charge in [-0.15, -0.1) is 0 Å². The van der Waals surface area contributed by atoms with E-state index in [4.69, 9.17) is 4.42 Å². The van der Waals surface area contributed by atoms with Crippen LogP contribution in [0, 0.1) is 0 Å². The van der Waals surface area contributed by atoms with Crippen LogP contribution in [-0.2, 0) is 24.1 Å². The number of amides is 1. The Hall–Kier alpha value is -2.47. The summed E-state index contributed by atoms with van der Waals surface area (Å²) in [5.74, 6) is -0.167. The number of aldehydes is 1. The second-order valence-corrected chi connectivity index (χ2v) is 6.70. The van der Waals surface area contributed by atoms with E-state index < -0.39 is 0 Å². The Balaban J connectivity index is 1.55. The third-order valence-corrected chi connectivity index (χ3v) is 4.94. The predicted octanol–water partition coefficient (Wildman–Crippen LogP) is 3.37. The van der Waals surface area contributed by atoms with Crippen LogP contribution in [0.15, 0.2) is 29.0 Å². The number of hydrogen-bond acceptors (Lipinski definition) is 5. The standard InChI is InChI=1S/C17H14N2O3S/c20-8-13-7-18-17(23-13)19-16(21)6-12-9-22-15-5-11-3-1-2-10(11)4-14(12)15/h4-5,7-9H,1-3,6H2,(H,18,19,21). The molecule has 0 unspecified atom stereocenters. The first kappa shape index (κ1) is 14.1. The number of aromatic nitrogens is 1. The van der Waals surface area contributed by atoms with Crippen LogP contribution in [-0.4, -0.2) is 17.2 Å². The highest BCUT2D eigenvalue weighted by molar-refractivity contribution is 7.17. The molecule has 116 valence electrons. The van der Waals surface area contributed by atoms with Gasteiger partial charge >= 0.3 is 0 Å². The van der Waals surface area contributed by atoms with Gasteiger partial charge in [-0.1, -0.05) is 11.3 Å². The summed E-state index contributed by atoms with van der Waals surface area (Å²) < 4.78 is 5.61. The van der Waals surface area contributed by atoms with Gasteiger partial charge in [0.1, 0.15) is 5.58 Å². The molecule has 0 atom stereocenters. The zero-order valence-corrected chi connectivity index (χ0v) is 13.1. The van der Waals surface area contributed by atoms with E-state index in [1.165, 1.54) is 23.7 Å². The van der Waals surface area contributed by atoms with Crippen LogP contribution in [0.2, 0.25) is 0 Å². The molecule has 2 aromatic heterocycles. The molecule has 0 saturated heterocycles. The van der Waals surface area contributed by atoms with Crippen molar-refractivity contribution in [1.82, 2.24) is 4.98 Å². The molecule has 2 heterocycles. The molecule has 23 heavy (non-hydrogen) atoms. The third kappa shape index (κ3) is 2.66. The van der Waals surface area contributed by atoms with Gasteiger partial charge in [0, 0.05) is 10.9 Å². The Kier molecular flexibility index (Phi) is 3.46. The number of nitrogens with one attached hydrogen (secondary N) is 1. The fraction of sp³-hybridized carbons (Fsp3) is 0.235. The molecule has 1 aromatic carbocycles. The number of hydrogen-bond donors (Lipinski definition) is 1. The fourth-order valence-electron chi connectivity index (χ4n) is 3.02. The number of benzene rings is 1. The van der Waals surface area contributed by atoms with E-state index >= 15 is 0 Å². The molecule has 0 radical (unpaired) electrons. The van der Waals surface area contributed by atoms with Gasteiger partial charge in [0.05, 0.1) is 23.8 Å². The van der Waals surface area contributed by atoms with Crippen LogP contribution in [0.25, 0.3) is 11.0 Å². The van der Waals surface area contributed by atoms with Gasteiger partial charge in [-0.05, 0) is 42.5 Å². The lowest BCUT2D eigenvalue weighted by Gasteiger charge is -2.02. The average molecular weight is 326 g/mol. The number of fused-ring (bicyclic) bond motifs is 2. The van der Waals surface area contributed by atoms with Crippen molar-refractivity contribution in [2.24, 2.45) is 0 Å². The number of anilines is 1. The first-order valence-corrected chi connectivity index (χ1v) is 8.27. The van der Waals surface area contributed by atoms with Crippen LogP contribution in [0.1, 0.15) is 32.8 Å². The van der Waals surface area contributed by atoms with E-state index in [1.807, 2.05) is 0 Å². The predicted molar refractivity (Wildman–Crippen MR) is 88.1 cm³/mol. The molecule has 4 rings (SSSR count). The normalized spacial score (nSPS) is 13.2. The Bertz CT molecular complexity index is 910. The van der Waals surface area contributed by atoms with E-state index in [0.29, 0.717) is 10.0 Å². The van der Waals surface area contributed by atoms with Crippen molar-refractivity contribution in [1.29, 1.82) is 0 Å². The smallest absolute Gasteiger partial charge is 0.230 e. The quantitative estimate of drug-likeness (QED) is 0.746. The summed E-state index contributed by atoms with van der Waals surface area (Å²) in [5, 5.41) is 4.16. The molecule has 1 amide bonds. The molecule has 5 nitrogen and oxygen atoms in total. The van der Waals surface area contributed by atoms with Crippen LogP contribution >= 0.6 is 11.3 Å². The number of nitrogens with zero attached hydrogens (tertiary/aromatic N) is 1. The highest BCUT2D eigenvalue weighted by Crippen LogP contribution is 2.30. The maximum Gasteiger partial charge on any atom is 0.230 e. The number of furan rings is 1. The summed E-state index contributed by atoms with van der Waals surface area (Å²) in [5.41, 5.74) is 4.42. The van der Waals surface area contributed by atoms with E-state index in [-0.39, 0.29) is 12.3 Å². The SMILES string of the molecule is O=Cc1cnc(NC(=O)Cc2coc3cc4c(cc23)CCC4)s1. The lowest BCUT2D eigenvalue weighted by atomic mass is 10.0. The minimum atomic E-state index is -0.167. The molecule has 1 aliphatic carbocycles. The van der Waals surface area contributed by atoms with Gasteiger partial charge in [-0.25, -0.2) is 4.98 Å². The molecule has 3 aromatic rings. The zero-order chi connectivity index (χ0) is 15.8. The molecular formula is C17H14N2O3S. The lowest BCUT2D eigenvalue weighted by Crippen LogP contribution is -2.13. The maximum atomic E-state index is 12.2. The fourth-order valence-corrected chi connectivity index (χ4v) is 3.67. The Labute approximate surface area is 136 Å². The van der Waals surface area contributed by atoms with Crippen molar-refractivity contribution in [2.75, 3.05) is 5.32 Å². The molecule has 0 saturated carbocycles. The third-order valence-electron chi connectivity index (χ3n) is 4.11. The summed E-state index contributed by atoms with van der Waals surface area (Å²) in [6.07, 6.45) is 7.42. The van der Waals surface area contributed by atoms with Crippen molar-refractivity contribution in [3.8, 4) is 0 Å². The highest BCUT2D eigenvalue weighted by Gasteiger charge is 2.17. The van der Waals surface area contributed by atoms with Crippen molar-refractivity contribution >= 4 is 39.6 Å².